The number of hydrogen-bond donors (Lipinski definition) is 2. The Morgan fingerprint density at radius 2 is 1.14 bits per heavy atom. The molecule has 0 saturated heterocycles. The molecule has 0 saturated carbocycles. The van der Waals surface area contributed by atoms with Crippen LogP contribution in [0.15, 0.2) is 96.5 Å². The van der Waals surface area contributed by atoms with Crippen molar-refractivity contribution in [1.29, 1.82) is 0 Å². The van der Waals surface area contributed by atoms with Crippen LogP contribution in [0.5, 0.6) is 11.5 Å². The number of anilines is 6. The summed E-state index contributed by atoms with van der Waals surface area (Å²) in [4.78, 5) is 49.6. The zero-order chi connectivity index (χ0) is 54.7. The van der Waals surface area contributed by atoms with Crippen LogP contribution in [0, 0.1) is 20.2 Å². The molecule has 2 N–H and O–H groups in total. The Bertz CT molecular complexity index is 3550. The van der Waals surface area contributed by atoms with Crippen molar-refractivity contribution in [2.45, 2.75) is 38.8 Å². The SMILES string of the molecule is C=Cc1cnc(Nc2cc([N+](=O)[O-])c(N(C)CCN(C)C)cc2OC)nc1-c1cn2c3c(cccc13)CCC2.COc1cc(N(C)CCN(C)C)c([N+](=O)[O-])cc1Nc1ncc(Br)c(-c2cn3c4c(cccc24)CCC3)n1.[HH]. The van der Waals surface area contributed by atoms with Gasteiger partial charge >= 0.3 is 0 Å². The zero-order valence-corrected chi connectivity index (χ0v) is 46.2. The first-order valence-electron chi connectivity index (χ1n) is 25.3. The average molecular weight is 1110 g/mol. The molecule has 0 atom stereocenters. The van der Waals surface area contributed by atoms with Gasteiger partial charge in [-0.2, -0.15) is 0 Å². The second kappa shape index (κ2) is 23.0. The molecule has 0 unspecified atom stereocenters. The summed E-state index contributed by atoms with van der Waals surface area (Å²) in [6, 6.07) is 19.1. The molecule has 402 valence electrons. The van der Waals surface area contributed by atoms with Crippen LogP contribution >= 0.6 is 15.9 Å². The summed E-state index contributed by atoms with van der Waals surface area (Å²) in [5.74, 6) is 1.54. The molecule has 20 nitrogen and oxygen atoms in total. The van der Waals surface area contributed by atoms with Crippen molar-refractivity contribution in [1.82, 2.24) is 38.9 Å². The largest absolute Gasteiger partial charge is 0.494 e. The van der Waals surface area contributed by atoms with E-state index in [1.54, 1.807) is 30.6 Å². The molecule has 2 aliphatic heterocycles. The summed E-state index contributed by atoms with van der Waals surface area (Å²) < 4.78 is 16.6. The second-order valence-corrected chi connectivity index (χ2v) is 20.5. The lowest BCUT2D eigenvalue weighted by molar-refractivity contribution is -0.384. The van der Waals surface area contributed by atoms with Crippen molar-refractivity contribution < 1.29 is 20.7 Å². The number of benzene rings is 4. The first-order valence-corrected chi connectivity index (χ1v) is 26.1. The lowest BCUT2D eigenvalue weighted by Gasteiger charge is -2.22. The minimum atomic E-state index is -0.382. The molecule has 0 amide bonds. The molecule has 10 rings (SSSR count). The Hall–Kier alpha value is -8.14. The van der Waals surface area contributed by atoms with E-state index in [2.05, 4.69) is 101 Å². The van der Waals surface area contributed by atoms with E-state index in [-0.39, 0.29) is 22.6 Å². The van der Waals surface area contributed by atoms with E-state index in [1.165, 1.54) is 48.5 Å². The molecule has 0 bridgehead atoms. The number of aromatic nitrogens is 6. The van der Waals surface area contributed by atoms with Gasteiger partial charge in [-0.1, -0.05) is 49.1 Å². The first-order chi connectivity index (χ1) is 37.1. The standard InChI is InChI=1S/C29H33N7O3.C27H30BrN7O3.H2/c1-6-19-17-30-29(32-27(19)22-18-35-12-8-10-20-9-7-11-21(22)28(20)35)31-23-15-25(36(37)38)24(16-26(23)39-5)34(4)14-13-33(2)3;1-32(2)11-12-33(3)22-14-24(38-4)21(13-23(22)35(36)37)30-27-29-15-20(28)25(31-27)19-16-34-10-6-8-17-7-5-9-18(19)26(17)34;/h6-7,9,11,15-18H,1,8,10,12-14H2,2-5H3,(H,30,31,32);5,7,9,13-16H,6,8,10-12H2,1-4H3,(H,29,30,31);1H. The van der Waals surface area contributed by atoms with Gasteiger partial charge in [0.05, 0.1) is 62.3 Å². The van der Waals surface area contributed by atoms with Gasteiger partial charge in [-0.05, 0) is 80.9 Å². The number of hydrogen-bond acceptors (Lipinski definition) is 16. The number of rotatable bonds is 19. The van der Waals surface area contributed by atoms with Crippen LogP contribution in [0.1, 0.15) is 31.0 Å². The molecule has 0 radical (unpaired) electrons. The van der Waals surface area contributed by atoms with Crippen molar-refractivity contribution in [3.8, 4) is 34.0 Å². The smallest absolute Gasteiger partial charge is 0.294 e. The highest BCUT2D eigenvalue weighted by Gasteiger charge is 2.26. The molecule has 4 aromatic heterocycles. The lowest BCUT2D eigenvalue weighted by atomic mass is 10.0. The van der Waals surface area contributed by atoms with E-state index in [1.807, 2.05) is 61.9 Å². The summed E-state index contributed by atoms with van der Waals surface area (Å²) in [5.41, 5.74) is 11.2. The van der Waals surface area contributed by atoms with Gasteiger partial charge < -0.3 is 48.8 Å². The fourth-order valence-electron chi connectivity index (χ4n) is 10.1. The fourth-order valence-corrected chi connectivity index (χ4v) is 10.5. The van der Waals surface area contributed by atoms with Gasteiger partial charge in [0.2, 0.25) is 11.9 Å². The maximum atomic E-state index is 12.0. The third-order valence-electron chi connectivity index (χ3n) is 14.0. The van der Waals surface area contributed by atoms with Crippen molar-refractivity contribution in [3.05, 3.63) is 133 Å². The number of aryl methyl sites for hydroxylation is 4. The highest BCUT2D eigenvalue weighted by atomic mass is 79.9. The molecular weight excluding hydrogens is 1040 g/mol. The Morgan fingerprint density at radius 1 is 0.688 bits per heavy atom. The minimum absolute atomic E-state index is 0. The summed E-state index contributed by atoms with van der Waals surface area (Å²) in [5, 5.41) is 32.6. The van der Waals surface area contributed by atoms with Crippen LogP contribution in [-0.4, -0.2) is 131 Å². The van der Waals surface area contributed by atoms with E-state index < -0.39 is 0 Å². The predicted molar refractivity (Wildman–Crippen MR) is 312 cm³/mol. The maximum absolute atomic E-state index is 12.0. The van der Waals surface area contributed by atoms with Gasteiger partial charge in [0, 0.05) is 131 Å². The lowest BCUT2D eigenvalue weighted by Crippen LogP contribution is -2.28. The van der Waals surface area contributed by atoms with Crippen LogP contribution in [0.4, 0.5) is 46.0 Å². The van der Waals surface area contributed by atoms with Gasteiger partial charge in [-0.3, -0.25) is 20.2 Å². The summed E-state index contributed by atoms with van der Waals surface area (Å²) in [7, 11) is 14.6. The predicted octanol–water partition coefficient (Wildman–Crippen LogP) is 11.1. The number of nitro groups is 2. The molecule has 77 heavy (non-hydrogen) atoms. The topological polar surface area (TPSA) is 203 Å². The van der Waals surface area contributed by atoms with E-state index in [0.29, 0.717) is 59.2 Å². The van der Waals surface area contributed by atoms with Gasteiger partial charge in [0.25, 0.3) is 11.4 Å². The van der Waals surface area contributed by atoms with Gasteiger partial charge in [0.15, 0.2) is 0 Å². The van der Waals surface area contributed by atoms with E-state index in [4.69, 9.17) is 19.4 Å². The van der Waals surface area contributed by atoms with Gasteiger partial charge in [-0.25, -0.2) is 19.9 Å². The Labute approximate surface area is 456 Å². The minimum Gasteiger partial charge on any atom is -0.494 e. The number of para-hydroxylation sites is 2. The summed E-state index contributed by atoms with van der Waals surface area (Å²) in [6.07, 6.45) is 13.8. The second-order valence-electron chi connectivity index (χ2n) is 19.7. The fraction of sp³-hybridized carbons (Fsp3) is 0.321. The highest BCUT2D eigenvalue weighted by Crippen LogP contribution is 2.43. The number of ether oxygens (including phenoxy) is 2. The number of nitrogens with one attached hydrogen (secondary N) is 2. The van der Waals surface area contributed by atoms with Crippen LogP contribution < -0.4 is 29.9 Å². The van der Waals surface area contributed by atoms with Gasteiger partial charge in [0.1, 0.15) is 22.9 Å². The number of methoxy groups -OCH3 is 2. The van der Waals surface area contributed by atoms with Gasteiger partial charge in [-0.15, -0.1) is 0 Å². The highest BCUT2D eigenvalue weighted by molar-refractivity contribution is 9.10. The monoisotopic (exact) mass is 1110 g/mol. The Kier molecular flexibility index (Phi) is 16.0. The van der Waals surface area contributed by atoms with Crippen molar-refractivity contribution in [2.24, 2.45) is 0 Å². The Balaban J connectivity index is 0.000000203. The summed E-state index contributed by atoms with van der Waals surface area (Å²) in [6.45, 7) is 8.65. The Morgan fingerprint density at radius 3 is 1.58 bits per heavy atom. The number of nitrogens with zero attached hydrogens (tertiary/aromatic N) is 12. The molecule has 0 fully saturated rings. The third kappa shape index (κ3) is 11.2. The third-order valence-corrected chi connectivity index (χ3v) is 14.6. The van der Waals surface area contributed by atoms with Crippen molar-refractivity contribution in [3.63, 3.8) is 0 Å². The zero-order valence-electron chi connectivity index (χ0n) is 44.6. The van der Waals surface area contributed by atoms with Crippen LogP contribution in [0.3, 0.4) is 0 Å². The molecule has 21 heteroatoms. The number of halogens is 1. The number of nitro benzene ring substituents is 2. The van der Waals surface area contributed by atoms with Crippen molar-refractivity contribution >= 4 is 89.8 Å². The molecule has 6 heterocycles. The van der Waals surface area contributed by atoms with Crippen LogP contribution in [0.25, 0.3) is 50.4 Å². The molecule has 4 aromatic carbocycles. The van der Waals surface area contributed by atoms with Crippen molar-refractivity contribution in [2.75, 3.05) is 103 Å². The quantitative estimate of drug-likeness (QED) is 0.0571. The van der Waals surface area contributed by atoms with E-state index >= 15 is 0 Å². The maximum Gasteiger partial charge on any atom is 0.294 e. The van der Waals surface area contributed by atoms with E-state index in [0.717, 1.165) is 95.2 Å². The molecule has 8 aromatic rings. The first kappa shape index (κ1) is 53.7. The molecule has 0 aliphatic carbocycles. The molecule has 0 spiro atoms. The van der Waals surface area contributed by atoms with Crippen LogP contribution in [0.2, 0.25) is 0 Å². The van der Waals surface area contributed by atoms with Crippen LogP contribution in [-0.2, 0) is 25.9 Å². The normalized spacial score (nSPS) is 12.6. The summed E-state index contributed by atoms with van der Waals surface area (Å²) >= 11 is 3.63. The van der Waals surface area contributed by atoms with E-state index in [9.17, 15) is 20.2 Å². The molecule has 2 aliphatic rings. The average Bonchev–Trinajstić information content (AvgIpc) is 4.10. The molecular formula is C56H65BrN14O6. The number of likely N-dealkylation sites (N-methyl/N-ethyl adjacent to an activating group) is 4.